The summed E-state index contributed by atoms with van der Waals surface area (Å²) in [6.07, 6.45) is -4.42. The van der Waals surface area contributed by atoms with Crippen molar-refractivity contribution in [2.75, 3.05) is 18.8 Å². The van der Waals surface area contributed by atoms with Crippen LogP contribution in [0.25, 0.3) is 0 Å². The number of thiazole rings is 1. The maximum atomic E-state index is 12.4. The van der Waals surface area contributed by atoms with Crippen LogP contribution in [0.1, 0.15) is 24.3 Å². The molecule has 0 aliphatic heterocycles. The molecule has 1 aromatic heterocycles. The molecule has 0 aliphatic rings. The molecule has 0 fully saturated rings. The predicted molar refractivity (Wildman–Crippen MR) is 63.3 cm³/mol. The lowest BCUT2D eigenvalue weighted by Gasteiger charge is -2.24. The van der Waals surface area contributed by atoms with Crippen molar-refractivity contribution in [2.45, 2.75) is 20.0 Å². The molecule has 0 atom stereocenters. The number of carbonyl (C=O) groups is 1. The van der Waals surface area contributed by atoms with Crippen molar-refractivity contribution in [1.29, 1.82) is 0 Å². The number of nitrogens with zero attached hydrogens (tertiary/aromatic N) is 2. The Morgan fingerprint density at radius 1 is 1.56 bits per heavy atom. The Morgan fingerprint density at radius 2 is 2.17 bits per heavy atom. The SMILES string of the molecule is CC(C)CN(CC(F)(F)F)C(=O)c1csc(N)n1. The molecule has 1 amide bonds. The van der Waals surface area contributed by atoms with Crippen LogP contribution in [0.3, 0.4) is 0 Å². The lowest BCUT2D eigenvalue weighted by molar-refractivity contribution is -0.141. The van der Waals surface area contributed by atoms with E-state index in [0.29, 0.717) is 0 Å². The van der Waals surface area contributed by atoms with Crippen LogP contribution in [-0.2, 0) is 0 Å². The summed E-state index contributed by atoms with van der Waals surface area (Å²) in [5, 5.41) is 1.52. The van der Waals surface area contributed by atoms with E-state index in [0.717, 1.165) is 16.2 Å². The third-order valence-corrected chi connectivity index (χ3v) is 2.66. The van der Waals surface area contributed by atoms with Gasteiger partial charge in [-0.3, -0.25) is 4.79 Å². The molecule has 18 heavy (non-hydrogen) atoms. The standard InChI is InChI=1S/C10H14F3N3OS/c1-6(2)3-16(5-10(11,12)13)8(17)7-4-18-9(14)15-7/h4,6H,3,5H2,1-2H3,(H2,14,15). The van der Waals surface area contributed by atoms with Crippen molar-refractivity contribution >= 4 is 22.4 Å². The van der Waals surface area contributed by atoms with E-state index in [1.165, 1.54) is 5.38 Å². The van der Waals surface area contributed by atoms with Crippen LogP contribution >= 0.6 is 11.3 Å². The van der Waals surface area contributed by atoms with Crippen LogP contribution in [0.4, 0.5) is 18.3 Å². The van der Waals surface area contributed by atoms with E-state index in [1.807, 2.05) is 0 Å². The van der Waals surface area contributed by atoms with Gasteiger partial charge in [-0.05, 0) is 5.92 Å². The van der Waals surface area contributed by atoms with Gasteiger partial charge in [0.15, 0.2) is 5.13 Å². The van der Waals surface area contributed by atoms with E-state index in [-0.39, 0.29) is 23.3 Å². The summed E-state index contributed by atoms with van der Waals surface area (Å²) in [5.74, 6) is -0.804. The number of rotatable bonds is 4. The van der Waals surface area contributed by atoms with Crippen molar-refractivity contribution in [2.24, 2.45) is 5.92 Å². The van der Waals surface area contributed by atoms with Crippen LogP contribution in [-0.4, -0.2) is 35.1 Å². The molecule has 0 radical (unpaired) electrons. The van der Waals surface area contributed by atoms with Crippen molar-refractivity contribution in [3.63, 3.8) is 0 Å². The Bertz CT molecular complexity index is 417. The zero-order valence-corrected chi connectivity index (χ0v) is 10.8. The molecular weight excluding hydrogens is 267 g/mol. The van der Waals surface area contributed by atoms with Gasteiger partial charge in [-0.1, -0.05) is 13.8 Å². The largest absolute Gasteiger partial charge is 0.406 e. The number of hydrogen-bond donors (Lipinski definition) is 1. The van der Waals surface area contributed by atoms with E-state index >= 15 is 0 Å². The number of nitrogen functional groups attached to an aromatic ring is 1. The molecule has 1 rings (SSSR count). The van der Waals surface area contributed by atoms with Crippen LogP contribution in [0.2, 0.25) is 0 Å². The zero-order chi connectivity index (χ0) is 13.9. The number of anilines is 1. The Balaban J connectivity index is 2.85. The third-order valence-electron chi connectivity index (χ3n) is 1.98. The molecule has 0 unspecified atom stereocenters. The second-order valence-electron chi connectivity index (χ2n) is 4.27. The highest BCUT2D eigenvalue weighted by atomic mass is 32.1. The Labute approximate surface area is 107 Å². The molecule has 0 saturated heterocycles. The summed E-state index contributed by atoms with van der Waals surface area (Å²) >= 11 is 1.02. The first kappa shape index (κ1) is 14.7. The highest BCUT2D eigenvalue weighted by Gasteiger charge is 2.34. The van der Waals surface area contributed by atoms with Crippen LogP contribution < -0.4 is 5.73 Å². The molecule has 1 heterocycles. The van der Waals surface area contributed by atoms with Crippen LogP contribution in [0, 0.1) is 5.92 Å². The fourth-order valence-electron chi connectivity index (χ4n) is 1.42. The van der Waals surface area contributed by atoms with Gasteiger partial charge in [0.25, 0.3) is 5.91 Å². The van der Waals surface area contributed by atoms with Gasteiger partial charge in [-0.25, -0.2) is 4.98 Å². The fraction of sp³-hybridized carbons (Fsp3) is 0.600. The first-order valence-corrected chi connectivity index (χ1v) is 6.14. The van der Waals surface area contributed by atoms with E-state index in [4.69, 9.17) is 5.73 Å². The second kappa shape index (κ2) is 5.55. The van der Waals surface area contributed by atoms with Gasteiger partial charge in [0.05, 0.1) is 0 Å². The van der Waals surface area contributed by atoms with Crippen molar-refractivity contribution in [3.05, 3.63) is 11.1 Å². The molecule has 8 heteroatoms. The molecule has 2 N–H and O–H groups in total. The van der Waals surface area contributed by atoms with Crippen molar-refractivity contribution in [1.82, 2.24) is 9.88 Å². The fourth-order valence-corrected chi connectivity index (χ4v) is 1.96. The maximum Gasteiger partial charge on any atom is 0.406 e. The van der Waals surface area contributed by atoms with E-state index in [2.05, 4.69) is 4.98 Å². The predicted octanol–water partition coefficient (Wildman–Crippen LogP) is 2.39. The van der Waals surface area contributed by atoms with Gasteiger partial charge in [0, 0.05) is 11.9 Å². The number of aromatic nitrogens is 1. The van der Waals surface area contributed by atoms with Gasteiger partial charge < -0.3 is 10.6 Å². The van der Waals surface area contributed by atoms with E-state index < -0.39 is 18.6 Å². The quantitative estimate of drug-likeness (QED) is 0.921. The van der Waals surface area contributed by atoms with Crippen LogP contribution in [0.5, 0.6) is 0 Å². The molecule has 0 bridgehead atoms. The normalized spacial score (nSPS) is 11.9. The molecule has 0 aliphatic carbocycles. The summed E-state index contributed by atoms with van der Waals surface area (Å²) in [4.78, 5) is 16.3. The molecular formula is C10H14F3N3OS. The highest BCUT2D eigenvalue weighted by molar-refractivity contribution is 7.13. The minimum Gasteiger partial charge on any atom is -0.375 e. The van der Waals surface area contributed by atoms with Gasteiger partial charge in [0.1, 0.15) is 12.2 Å². The summed E-state index contributed by atoms with van der Waals surface area (Å²) in [5.41, 5.74) is 5.32. The van der Waals surface area contributed by atoms with Crippen molar-refractivity contribution in [3.8, 4) is 0 Å². The molecule has 1 aromatic rings. The summed E-state index contributed by atoms with van der Waals surface area (Å²) in [7, 11) is 0. The summed E-state index contributed by atoms with van der Waals surface area (Å²) in [6.45, 7) is 2.23. The average Bonchev–Trinajstić information content (AvgIpc) is 2.59. The number of alkyl halides is 3. The van der Waals surface area contributed by atoms with E-state index in [1.54, 1.807) is 13.8 Å². The average molecular weight is 281 g/mol. The zero-order valence-electron chi connectivity index (χ0n) is 9.99. The number of amides is 1. The number of halogens is 3. The van der Waals surface area contributed by atoms with Crippen molar-refractivity contribution < 1.29 is 18.0 Å². The second-order valence-corrected chi connectivity index (χ2v) is 5.16. The monoisotopic (exact) mass is 281 g/mol. The lowest BCUT2D eigenvalue weighted by Crippen LogP contribution is -2.41. The summed E-state index contributed by atoms with van der Waals surface area (Å²) in [6, 6.07) is 0. The van der Waals surface area contributed by atoms with Crippen LogP contribution in [0.15, 0.2) is 5.38 Å². The number of hydrogen-bond acceptors (Lipinski definition) is 4. The van der Waals surface area contributed by atoms with E-state index in [9.17, 15) is 18.0 Å². The molecule has 0 spiro atoms. The first-order chi connectivity index (χ1) is 8.19. The Hall–Kier alpha value is -1.31. The molecule has 102 valence electrons. The molecule has 0 aromatic carbocycles. The Kier molecular flexibility index (Phi) is 4.55. The Morgan fingerprint density at radius 3 is 2.56 bits per heavy atom. The smallest absolute Gasteiger partial charge is 0.375 e. The lowest BCUT2D eigenvalue weighted by atomic mass is 10.2. The van der Waals surface area contributed by atoms with Gasteiger partial charge in [-0.15, -0.1) is 11.3 Å². The summed E-state index contributed by atoms with van der Waals surface area (Å²) < 4.78 is 37.2. The van der Waals surface area contributed by atoms with Gasteiger partial charge in [-0.2, -0.15) is 13.2 Å². The van der Waals surface area contributed by atoms with Gasteiger partial charge >= 0.3 is 6.18 Å². The van der Waals surface area contributed by atoms with Gasteiger partial charge in [0.2, 0.25) is 0 Å². The minimum absolute atomic E-state index is 0.0236. The molecule has 4 nitrogen and oxygen atoms in total. The minimum atomic E-state index is -4.42. The molecule has 0 saturated carbocycles. The topological polar surface area (TPSA) is 59.2 Å². The third kappa shape index (κ3) is 4.52. The number of carbonyl (C=O) groups excluding carboxylic acids is 1. The number of nitrogens with two attached hydrogens (primary N) is 1. The first-order valence-electron chi connectivity index (χ1n) is 5.26. The highest BCUT2D eigenvalue weighted by Crippen LogP contribution is 2.20. The maximum absolute atomic E-state index is 12.4.